The average Bonchev–Trinajstić information content (AvgIpc) is 2.87. The third-order valence-corrected chi connectivity index (χ3v) is 5.64. The van der Waals surface area contributed by atoms with Crippen LogP contribution in [0.15, 0.2) is 0 Å². The van der Waals surface area contributed by atoms with Crippen LogP contribution in [0.5, 0.6) is 0 Å². The zero-order valence-corrected chi connectivity index (χ0v) is 14.3. The van der Waals surface area contributed by atoms with Crippen molar-refractivity contribution in [1.29, 1.82) is 0 Å². The minimum atomic E-state index is -0.817. The lowest BCUT2D eigenvalue weighted by Gasteiger charge is -2.43. The van der Waals surface area contributed by atoms with E-state index in [2.05, 4.69) is 0 Å². The Labute approximate surface area is 140 Å². The second kappa shape index (κ2) is 8.43. The summed E-state index contributed by atoms with van der Waals surface area (Å²) in [5.74, 6) is 0.119. The lowest BCUT2D eigenvalue weighted by atomic mass is 9.87. The zero-order valence-electron chi connectivity index (χ0n) is 13.5. The van der Waals surface area contributed by atoms with Crippen molar-refractivity contribution in [2.75, 3.05) is 26.0 Å². The third kappa shape index (κ3) is 4.06. The molecule has 2 aliphatic rings. The van der Waals surface area contributed by atoms with Crippen LogP contribution in [0, 0.1) is 5.92 Å². The topological polar surface area (TPSA) is 96.3 Å². The fourth-order valence-corrected chi connectivity index (χ4v) is 4.33. The Morgan fingerprint density at radius 2 is 2.00 bits per heavy atom. The molecular formula is C15H25NO6S. The Morgan fingerprint density at radius 1 is 1.35 bits per heavy atom. The van der Waals surface area contributed by atoms with Crippen LogP contribution < -0.4 is 0 Å². The number of hydrogen-bond acceptors (Lipinski definition) is 7. The molecule has 0 aromatic rings. The molecule has 2 aliphatic heterocycles. The molecule has 0 spiro atoms. The number of carbonyl (C=O) groups excluding carboxylic acids is 2. The second-order valence-electron chi connectivity index (χ2n) is 5.80. The lowest BCUT2D eigenvalue weighted by molar-refractivity contribution is -0.190. The molecular weight excluding hydrogens is 322 g/mol. The van der Waals surface area contributed by atoms with Crippen LogP contribution in [0.2, 0.25) is 0 Å². The zero-order chi connectivity index (χ0) is 17.0. The van der Waals surface area contributed by atoms with Crippen molar-refractivity contribution < 1.29 is 29.3 Å². The van der Waals surface area contributed by atoms with Gasteiger partial charge in [-0.15, -0.1) is 11.8 Å². The van der Waals surface area contributed by atoms with E-state index in [1.54, 1.807) is 7.11 Å². The highest BCUT2D eigenvalue weighted by Gasteiger charge is 2.44. The highest BCUT2D eigenvalue weighted by Crippen LogP contribution is 2.34. The van der Waals surface area contributed by atoms with Gasteiger partial charge < -0.3 is 19.7 Å². The molecule has 8 heteroatoms. The maximum Gasteiger partial charge on any atom is 0.229 e. The number of likely N-dealkylation sites (tertiary alicyclic amines) is 1. The molecule has 0 bridgehead atoms. The highest BCUT2D eigenvalue weighted by atomic mass is 32.2. The number of amides is 2. The number of methoxy groups -OCH3 is 1. The van der Waals surface area contributed by atoms with Gasteiger partial charge in [-0.1, -0.05) is 6.92 Å². The van der Waals surface area contributed by atoms with Crippen LogP contribution in [-0.4, -0.2) is 76.7 Å². The predicted octanol–water partition coefficient (Wildman–Crippen LogP) is -0.0121. The van der Waals surface area contributed by atoms with Crippen molar-refractivity contribution in [2.45, 2.75) is 49.9 Å². The van der Waals surface area contributed by atoms with E-state index in [4.69, 9.17) is 9.47 Å². The van der Waals surface area contributed by atoms with Gasteiger partial charge in [0.05, 0.1) is 18.8 Å². The van der Waals surface area contributed by atoms with Crippen LogP contribution in [0.4, 0.5) is 0 Å². The predicted molar refractivity (Wildman–Crippen MR) is 84.7 cm³/mol. The van der Waals surface area contributed by atoms with E-state index in [0.29, 0.717) is 12.3 Å². The minimum absolute atomic E-state index is 0.0708. The van der Waals surface area contributed by atoms with Crippen LogP contribution in [0.3, 0.4) is 0 Å². The molecule has 132 valence electrons. The summed E-state index contributed by atoms with van der Waals surface area (Å²) >= 11 is 1.34. The average molecular weight is 347 g/mol. The highest BCUT2D eigenvalue weighted by molar-refractivity contribution is 7.99. The third-order valence-electron chi connectivity index (χ3n) is 4.50. The number of aliphatic hydroxyl groups is 2. The molecule has 2 heterocycles. The van der Waals surface area contributed by atoms with Gasteiger partial charge in [0.1, 0.15) is 11.5 Å². The molecule has 2 fully saturated rings. The monoisotopic (exact) mass is 347 g/mol. The summed E-state index contributed by atoms with van der Waals surface area (Å²) in [6.45, 7) is 2.15. The molecule has 2 N–H and O–H groups in total. The molecule has 23 heavy (non-hydrogen) atoms. The number of thioether (sulfide) groups is 1. The van der Waals surface area contributed by atoms with Crippen LogP contribution >= 0.6 is 11.8 Å². The Morgan fingerprint density at radius 3 is 2.52 bits per heavy atom. The minimum Gasteiger partial charge on any atom is -0.394 e. The summed E-state index contributed by atoms with van der Waals surface area (Å²) in [5, 5.41) is 19.9. The first kappa shape index (κ1) is 18.7. The van der Waals surface area contributed by atoms with Crippen LogP contribution in [0.1, 0.15) is 26.2 Å². The van der Waals surface area contributed by atoms with Crippen molar-refractivity contribution >= 4 is 23.6 Å². The van der Waals surface area contributed by atoms with E-state index >= 15 is 0 Å². The Hall–Kier alpha value is -0.670. The van der Waals surface area contributed by atoms with Gasteiger partial charge in [-0.25, -0.2) is 0 Å². The van der Waals surface area contributed by atoms with Crippen molar-refractivity contribution in [2.24, 2.45) is 5.92 Å². The standard InChI is InChI=1S/C15H25NO6S/c1-3-9-10(8-17)22-15(13(20)14(9)21-2)23-7-6-16-11(18)4-5-12(16)19/h9-10,13-15,17,20H,3-8H2,1-2H3. The fourth-order valence-electron chi connectivity index (χ4n) is 3.23. The summed E-state index contributed by atoms with van der Waals surface area (Å²) in [5.41, 5.74) is -0.548. The number of imide groups is 1. The maximum absolute atomic E-state index is 11.6. The quantitative estimate of drug-likeness (QED) is 0.625. The fraction of sp³-hybridized carbons (Fsp3) is 0.867. The molecule has 5 unspecified atom stereocenters. The van der Waals surface area contributed by atoms with Gasteiger partial charge in [-0.2, -0.15) is 0 Å². The smallest absolute Gasteiger partial charge is 0.229 e. The molecule has 2 amide bonds. The first-order valence-corrected chi connectivity index (χ1v) is 9.00. The molecule has 0 aromatic carbocycles. The summed E-state index contributed by atoms with van der Waals surface area (Å²) in [4.78, 5) is 24.4. The van der Waals surface area contributed by atoms with E-state index < -0.39 is 17.6 Å². The molecule has 0 aliphatic carbocycles. The number of aliphatic hydroxyl groups excluding tert-OH is 2. The molecule has 0 saturated carbocycles. The lowest BCUT2D eigenvalue weighted by Crippen LogP contribution is -2.55. The molecule has 0 radical (unpaired) electrons. The van der Waals surface area contributed by atoms with Crippen molar-refractivity contribution in [3.05, 3.63) is 0 Å². The van der Waals surface area contributed by atoms with E-state index in [1.165, 1.54) is 16.7 Å². The van der Waals surface area contributed by atoms with Gasteiger partial charge in [0.15, 0.2) is 0 Å². The van der Waals surface area contributed by atoms with Gasteiger partial charge in [0.2, 0.25) is 11.8 Å². The molecule has 0 aromatic heterocycles. The second-order valence-corrected chi connectivity index (χ2v) is 7.00. The molecule has 7 nitrogen and oxygen atoms in total. The van der Waals surface area contributed by atoms with E-state index in [9.17, 15) is 19.8 Å². The molecule has 2 rings (SSSR count). The SMILES string of the molecule is CCC1C(CO)OC(SCCN2C(=O)CCC2=O)C(O)C1OC. The number of carbonyl (C=O) groups is 2. The van der Waals surface area contributed by atoms with Crippen molar-refractivity contribution in [3.8, 4) is 0 Å². The summed E-state index contributed by atoms with van der Waals surface area (Å²) in [6, 6.07) is 0. The number of ether oxygens (including phenoxy) is 2. The number of nitrogens with zero attached hydrogens (tertiary/aromatic N) is 1. The number of rotatable bonds is 7. The van der Waals surface area contributed by atoms with E-state index in [0.717, 1.165) is 6.42 Å². The largest absolute Gasteiger partial charge is 0.394 e. The Bertz CT molecular complexity index is 418. The summed E-state index contributed by atoms with van der Waals surface area (Å²) in [7, 11) is 1.54. The summed E-state index contributed by atoms with van der Waals surface area (Å²) in [6.07, 6.45) is -0.317. The van der Waals surface area contributed by atoms with E-state index in [1.807, 2.05) is 6.92 Å². The molecule has 5 atom stereocenters. The van der Waals surface area contributed by atoms with Gasteiger partial charge in [0.25, 0.3) is 0 Å². The Balaban J connectivity index is 1.91. The first-order valence-electron chi connectivity index (χ1n) is 7.95. The van der Waals surface area contributed by atoms with Gasteiger partial charge in [-0.05, 0) is 6.42 Å². The van der Waals surface area contributed by atoms with Crippen molar-refractivity contribution in [3.63, 3.8) is 0 Å². The number of hydrogen-bond donors (Lipinski definition) is 2. The van der Waals surface area contributed by atoms with E-state index in [-0.39, 0.29) is 43.3 Å². The van der Waals surface area contributed by atoms with Gasteiger partial charge in [0, 0.05) is 38.2 Å². The first-order chi connectivity index (χ1) is 11.0. The molecule has 2 saturated heterocycles. The maximum atomic E-state index is 11.6. The normalized spacial score (nSPS) is 35.1. The van der Waals surface area contributed by atoms with Crippen LogP contribution in [-0.2, 0) is 19.1 Å². The Kier molecular flexibility index (Phi) is 6.84. The van der Waals surface area contributed by atoms with Gasteiger partial charge in [-0.3, -0.25) is 14.5 Å². The van der Waals surface area contributed by atoms with Crippen molar-refractivity contribution in [1.82, 2.24) is 4.90 Å². The summed E-state index contributed by atoms with van der Waals surface area (Å²) < 4.78 is 11.2. The van der Waals surface area contributed by atoms with Crippen LogP contribution in [0.25, 0.3) is 0 Å². The van der Waals surface area contributed by atoms with Gasteiger partial charge >= 0.3 is 0 Å².